The van der Waals surface area contributed by atoms with Crippen LogP contribution in [0, 0.1) is 0 Å². The van der Waals surface area contributed by atoms with Gasteiger partial charge in [0, 0.05) is 19.3 Å². The zero-order chi connectivity index (χ0) is 51.4. The molecule has 0 radical (unpaired) electrons. The first kappa shape index (κ1) is 68.9. The van der Waals surface area contributed by atoms with Gasteiger partial charge in [0.1, 0.15) is 13.2 Å². The minimum atomic E-state index is -0.773. The summed E-state index contributed by atoms with van der Waals surface area (Å²) in [4.78, 5) is 38.3. The zero-order valence-corrected chi connectivity index (χ0v) is 48.0. The molecule has 0 aromatic carbocycles. The molecule has 418 valence electrons. The molecule has 6 heteroatoms. The summed E-state index contributed by atoms with van der Waals surface area (Å²) in [5.41, 5.74) is 0. The van der Waals surface area contributed by atoms with Crippen LogP contribution in [0.5, 0.6) is 0 Å². The molecule has 0 aromatic rings. The van der Waals surface area contributed by atoms with Crippen LogP contribution in [0.2, 0.25) is 0 Å². The van der Waals surface area contributed by atoms with E-state index >= 15 is 0 Å². The van der Waals surface area contributed by atoms with Gasteiger partial charge in [0.15, 0.2) is 6.10 Å². The van der Waals surface area contributed by atoms with Gasteiger partial charge in [-0.15, -0.1) is 0 Å². The van der Waals surface area contributed by atoms with Gasteiger partial charge in [-0.05, 0) is 70.6 Å². The Kier molecular flexibility index (Phi) is 58.6. The average molecular weight is 1000 g/mol. The van der Waals surface area contributed by atoms with Crippen LogP contribution >= 0.6 is 0 Å². The molecule has 0 rings (SSSR count). The topological polar surface area (TPSA) is 78.9 Å². The summed E-state index contributed by atoms with van der Waals surface area (Å²) in [5.74, 6) is -0.858. The molecule has 0 saturated heterocycles. The summed E-state index contributed by atoms with van der Waals surface area (Å²) in [6, 6.07) is 0. The van der Waals surface area contributed by atoms with Gasteiger partial charge in [-0.25, -0.2) is 0 Å². The smallest absolute Gasteiger partial charge is 0.306 e. The molecule has 0 N–H and O–H groups in total. The Morgan fingerprint density at radius 2 is 0.465 bits per heavy atom. The Bertz CT molecular complexity index is 1150. The fourth-order valence-corrected chi connectivity index (χ4v) is 9.61. The lowest BCUT2D eigenvalue weighted by Crippen LogP contribution is -2.30. The van der Waals surface area contributed by atoms with Crippen LogP contribution in [-0.2, 0) is 28.6 Å². The van der Waals surface area contributed by atoms with E-state index in [0.717, 1.165) is 64.2 Å². The van der Waals surface area contributed by atoms with Crippen molar-refractivity contribution in [1.82, 2.24) is 0 Å². The summed E-state index contributed by atoms with van der Waals surface area (Å²) in [6.07, 6.45) is 71.8. The fraction of sp³-hybridized carbons (Fsp3) is 0.892. The molecule has 0 heterocycles. The van der Waals surface area contributed by atoms with Crippen LogP contribution in [-0.4, -0.2) is 37.2 Å². The number of carbonyl (C=O) groups is 3. The molecule has 0 aliphatic carbocycles. The van der Waals surface area contributed by atoms with Crippen molar-refractivity contribution in [3.8, 4) is 0 Å². The molecule has 0 bridgehead atoms. The maximum atomic E-state index is 12.9. The second-order valence-electron chi connectivity index (χ2n) is 21.7. The number of carbonyl (C=O) groups excluding carboxylic acids is 3. The van der Waals surface area contributed by atoms with Gasteiger partial charge < -0.3 is 14.2 Å². The van der Waals surface area contributed by atoms with Crippen LogP contribution in [0.15, 0.2) is 24.3 Å². The minimum Gasteiger partial charge on any atom is -0.462 e. The highest BCUT2D eigenvalue weighted by Gasteiger charge is 2.19. The normalized spacial score (nSPS) is 12.1. The standard InChI is InChI=1S/C65H122O6/c1-4-7-10-13-16-19-22-25-28-30-31-32-33-35-38-41-44-47-50-53-56-59-65(68)71-62(60-69-63(66)57-54-51-48-45-42-39-36-27-24-21-18-15-12-9-6-3)61-70-64(67)58-55-52-49-46-43-40-37-34-29-26-23-20-17-14-11-8-5-2/h26-27,29,36,62H,4-25,28,30-35,37-61H2,1-3H3/b29-26-,36-27-/t62-/m0/s1. The number of esters is 3. The number of hydrogen-bond acceptors (Lipinski definition) is 6. The first-order valence-corrected chi connectivity index (χ1v) is 31.8. The second-order valence-corrected chi connectivity index (χ2v) is 21.7. The van der Waals surface area contributed by atoms with E-state index in [1.165, 1.54) is 250 Å². The van der Waals surface area contributed by atoms with Crippen molar-refractivity contribution in [3.05, 3.63) is 24.3 Å². The van der Waals surface area contributed by atoms with E-state index in [2.05, 4.69) is 45.1 Å². The van der Waals surface area contributed by atoms with Crippen LogP contribution in [0.25, 0.3) is 0 Å². The lowest BCUT2D eigenvalue weighted by Gasteiger charge is -2.18. The van der Waals surface area contributed by atoms with Crippen molar-refractivity contribution in [2.45, 2.75) is 361 Å². The summed E-state index contributed by atoms with van der Waals surface area (Å²) in [6.45, 7) is 6.69. The first-order valence-electron chi connectivity index (χ1n) is 31.8. The van der Waals surface area contributed by atoms with E-state index in [1.807, 2.05) is 0 Å². The van der Waals surface area contributed by atoms with Gasteiger partial charge >= 0.3 is 17.9 Å². The minimum absolute atomic E-state index is 0.0715. The number of unbranched alkanes of at least 4 members (excludes halogenated alkanes) is 44. The van der Waals surface area contributed by atoms with Crippen molar-refractivity contribution in [3.63, 3.8) is 0 Å². The predicted octanol–water partition coefficient (Wildman–Crippen LogP) is 21.4. The van der Waals surface area contributed by atoms with E-state index in [4.69, 9.17) is 14.2 Å². The van der Waals surface area contributed by atoms with Gasteiger partial charge in [0.25, 0.3) is 0 Å². The molecule has 0 fully saturated rings. The number of allylic oxidation sites excluding steroid dienone is 4. The molecule has 71 heavy (non-hydrogen) atoms. The van der Waals surface area contributed by atoms with Crippen LogP contribution in [0.3, 0.4) is 0 Å². The first-order chi connectivity index (χ1) is 35.0. The molecule has 0 saturated carbocycles. The highest BCUT2D eigenvalue weighted by atomic mass is 16.6. The molecule has 1 atom stereocenters. The van der Waals surface area contributed by atoms with E-state index in [0.29, 0.717) is 19.3 Å². The van der Waals surface area contributed by atoms with Gasteiger partial charge in [0.2, 0.25) is 0 Å². The Labute approximate surface area is 443 Å². The van der Waals surface area contributed by atoms with Crippen LogP contribution < -0.4 is 0 Å². The molecular formula is C65H122O6. The van der Waals surface area contributed by atoms with Gasteiger partial charge in [0.05, 0.1) is 0 Å². The second kappa shape index (κ2) is 60.4. The molecule has 0 aliphatic heterocycles. The summed E-state index contributed by atoms with van der Waals surface area (Å²) in [7, 11) is 0. The third kappa shape index (κ3) is 58.7. The van der Waals surface area contributed by atoms with E-state index in [1.54, 1.807) is 0 Å². The monoisotopic (exact) mass is 999 g/mol. The molecule has 0 spiro atoms. The van der Waals surface area contributed by atoms with Gasteiger partial charge in [-0.3, -0.25) is 14.4 Å². The Hall–Kier alpha value is -2.11. The number of hydrogen-bond donors (Lipinski definition) is 0. The summed E-state index contributed by atoms with van der Waals surface area (Å²) >= 11 is 0. The van der Waals surface area contributed by atoms with Gasteiger partial charge in [-0.2, -0.15) is 0 Å². The highest BCUT2D eigenvalue weighted by molar-refractivity contribution is 5.71. The maximum absolute atomic E-state index is 12.9. The summed E-state index contributed by atoms with van der Waals surface area (Å²) < 4.78 is 16.9. The molecule has 0 aliphatic rings. The summed E-state index contributed by atoms with van der Waals surface area (Å²) in [5, 5.41) is 0. The maximum Gasteiger partial charge on any atom is 0.306 e. The van der Waals surface area contributed by atoms with Crippen molar-refractivity contribution >= 4 is 17.9 Å². The third-order valence-corrected chi connectivity index (χ3v) is 14.4. The average Bonchev–Trinajstić information content (AvgIpc) is 3.37. The SMILES string of the molecule is CCCCCCCC/C=C\CCCCCCCCCC(=O)OC[C@H](COC(=O)CCCCCCC/C=C\CCCCCCCC)OC(=O)CCCCCCCCCCCCCCCCCCCCCCC. The van der Waals surface area contributed by atoms with Crippen molar-refractivity contribution in [1.29, 1.82) is 0 Å². The number of rotatable bonds is 59. The van der Waals surface area contributed by atoms with Gasteiger partial charge in [-0.1, -0.05) is 289 Å². The lowest BCUT2D eigenvalue weighted by molar-refractivity contribution is -0.167. The molecule has 6 nitrogen and oxygen atoms in total. The quantitative estimate of drug-likeness (QED) is 0.0261. The Morgan fingerprint density at radius 3 is 0.704 bits per heavy atom. The molecule has 0 amide bonds. The van der Waals surface area contributed by atoms with E-state index < -0.39 is 6.10 Å². The van der Waals surface area contributed by atoms with Crippen molar-refractivity contribution in [2.75, 3.05) is 13.2 Å². The van der Waals surface area contributed by atoms with E-state index in [-0.39, 0.29) is 31.1 Å². The zero-order valence-electron chi connectivity index (χ0n) is 48.0. The number of ether oxygens (including phenoxy) is 3. The molecule has 0 aromatic heterocycles. The lowest BCUT2D eigenvalue weighted by atomic mass is 10.0. The Morgan fingerprint density at radius 1 is 0.268 bits per heavy atom. The van der Waals surface area contributed by atoms with Crippen molar-refractivity contribution < 1.29 is 28.6 Å². The molecular weight excluding hydrogens is 877 g/mol. The van der Waals surface area contributed by atoms with E-state index in [9.17, 15) is 14.4 Å². The fourth-order valence-electron chi connectivity index (χ4n) is 9.61. The Balaban J connectivity index is 4.31. The third-order valence-electron chi connectivity index (χ3n) is 14.4. The van der Waals surface area contributed by atoms with Crippen molar-refractivity contribution in [2.24, 2.45) is 0 Å². The van der Waals surface area contributed by atoms with Crippen LogP contribution in [0.4, 0.5) is 0 Å². The highest BCUT2D eigenvalue weighted by Crippen LogP contribution is 2.17. The largest absolute Gasteiger partial charge is 0.462 e. The predicted molar refractivity (Wildman–Crippen MR) is 307 cm³/mol. The van der Waals surface area contributed by atoms with Crippen LogP contribution in [0.1, 0.15) is 355 Å². The molecule has 0 unspecified atom stereocenters.